The van der Waals surface area contributed by atoms with Gasteiger partial charge in [0.15, 0.2) is 0 Å². The average Bonchev–Trinajstić information content (AvgIpc) is 2.28. The Kier molecular flexibility index (Phi) is 3.62. The molecular weight excluding hydrogens is 224 g/mol. The highest BCUT2D eigenvalue weighted by Crippen LogP contribution is 2.37. The van der Waals surface area contributed by atoms with Gasteiger partial charge in [-0.1, -0.05) is 19.3 Å². The normalized spacial score (nSPS) is 19.2. The molecule has 17 heavy (non-hydrogen) atoms. The Morgan fingerprint density at radius 1 is 1.18 bits per heavy atom. The molecule has 0 aliphatic heterocycles. The summed E-state index contributed by atoms with van der Waals surface area (Å²) in [7, 11) is 0. The number of phenols is 1. The van der Waals surface area contributed by atoms with Crippen molar-refractivity contribution in [1.29, 1.82) is 0 Å². The summed E-state index contributed by atoms with van der Waals surface area (Å²) >= 11 is 0. The lowest BCUT2D eigenvalue weighted by Gasteiger charge is -2.28. The zero-order valence-corrected chi connectivity index (χ0v) is 9.63. The quantitative estimate of drug-likeness (QED) is 0.834. The maximum Gasteiger partial charge on any atom is 0.134 e. The molecule has 2 rings (SSSR count). The fraction of sp³-hybridized carbons (Fsp3) is 0.538. The molecule has 94 valence electrons. The van der Waals surface area contributed by atoms with Crippen LogP contribution in [0, 0.1) is 17.6 Å². The van der Waals surface area contributed by atoms with Crippen molar-refractivity contribution in [3.63, 3.8) is 0 Å². The Hall–Kier alpha value is -1.16. The molecular formula is C13H17F2NO. The van der Waals surface area contributed by atoms with Crippen LogP contribution in [0.4, 0.5) is 8.78 Å². The molecule has 1 aromatic rings. The van der Waals surface area contributed by atoms with Crippen molar-refractivity contribution in [3.8, 4) is 5.75 Å². The third-order valence-corrected chi connectivity index (χ3v) is 3.56. The molecule has 0 saturated heterocycles. The number of nitrogens with two attached hydrogens (primary N) is 1. The first-order valence-electron chi connectivity index (χ1n) is 6.03. The summed E-state index contributed by atoms with van der Waals surface area (Å²) in [5, 5.41) is 9.61. The maximum atomic E-state index is 13.6. The van der Waals surface area contributed by atoms with Crippen molar-refractivity contribution in [2.24, 2.45) is 11.7 Å². The van der Waals surface area contributed by atoms with E-state index in [1.54, 1.807) is 0 Å². The first-order chi connectivity index (χ1) is 8.09. The van der Waals surface area contributed by atoms with Gasteiger partial charge in [0.1, 0.15) is 17.4 Å². The van der Waals surface area contributed by atoms with E-state index in [4.69, 9.17) is 5.73 Å². The van der Waals surface area contributed by atoms with Crippen molar-refractivity contribution in [2.75, 3.05) is 0 Å². The summed E-state index contributed by atoms with van der Waals surface area (Å²) < 4.78 is 26.5. The Balaban J connectivity index is 2.26. The van der Waals surface area contributed by atoms with Gasteiger partial charge in [0.2, 0.25) is 0 Å². The molecule has 3 N–H and O–H groups in total. The van der Waals surface area contributed by atoms with Crippen molar-refractivity contribution in [3.05, 3.63) is 29.3 Å². The Labute approximate surface area is 99.4 Å². The molecule has 0 bridgehead atoms. The van der Waals surface area contributed by atoms with Gasteiger partial charge in [0.25, 0.3) is 0 Å². The highest BCUT2D eigenvalue weighted by atomic mass is 19.1. The Morgan fingerprint density at radius 3 is 2.41 bits per heavy atom. The van der Waals surface area contributed by atoms with Gasteiger partial charge in [-0.25, -0.2) is 8.78 Å². The predicted octanol–water partition coefficient (Wildman–Crippen LogP) is 3.25. The van der Waals surface area contributed by atoms with Crippen molar-refractivity contribution in [2.45, 2.75) is 38.1 Å². The number of hydrogen-bond donors (Lipinski definition) is 2. The molecule has 1 saturated carbocycles. The van der Waals surface area contributed by atoms with Gasteiger partial charge in [0.05, 0.1) is 0 Å². The molecule has 0 aromatic heterocycles. The predicted molar refractivity (Wildman–Crippen MR) is 61.5 cm³/mol. The first kappa shape index (κ1) is 12.3. The van der Waals surface area contributed by atoms with Crippen LogP contribution in [0.15, 0.2) is 12.1 Å². The summed E-state index contributed by atoms with van der Waals surface area (Å²) in [4.78, 5) is 0. The molecule has 1 aromatic carbocycles. The van der Waals surface area contributed by atoms with Gasteiger partial charge in [-0.05, 0) is 18.8 Å². The smallest absolute Gasteiger partial charge is 0.134 e. The van der Waals surface area contributed by atoms with E-state index in [1.807, 2.05) is 0 Å². The standard InChI is InChI=1S/C13H17F2NO/c14-9-6-10(15)12(11(17)7-9)13(16)8-4-2-1-3-5-8/h6-8,13,17H,1-5,16H2/t13-/m0/s1. The average molecular weight is 241 g/mol. The molecule has 0 spiro atoms. The van der Waals surface area contributed by atoms with Crippen LogP contribution in [-0.4, -0.2) is 5.11 Å². The fourth-order valence-corrected chi connectivity index (χ4v) is 2.63. The van der Waals surface area contributed by atoms with Crippen LogP contribution in [0.2, 0.25) is 0 Å². The third-order valence-electron chi connectivity index (χ3n) is 3.56. The lowest BCUT2D eigenvalue weighted by atomic mass is 9.81. The summed E-state index contributed by atoms with van der Waals surface area (Å²) in [5.41, 5.74) is 6.05. The first-order valence-corrected chi connectivity index (χ1v) is 6.03. The summed E-state index contributed by atoms with van der Waals surface area (Å²) in [6.07, 6.45) is 5.24. The zero-order valence-electron chi connectivity index (χ0n) is 9.63. The molecule has 4 heteroatoms. The molecule has 0 amide bonds. The maximum absolute atomic E-state index is 13.6. The minimum Gasteiger partial charge on any atom is -0.507 e. The highest BCUT2D eigenvalue weighted by molar-refractivity contribution is 5.36. The molecule has 1 fully saturated rings. The topological polar surface area (TPSA) is 46.2 Å². The van der Waals surface area contributed by atoms with Crippen molar-refractivity contribution >= 4 is 0 Å². The largest absolute Gasteiger partial charge is 0.507 e. The van der Waals surface area contributed by atoms with Gasteiger partial charge in [-0.3, -0.25) is 0 Å². The summed E-state index contributed by atoms with van der Waals surface area (Å²) in [6.45, 7) is 0. The van der Waals surface area contributed by atoms with Crippen LogP contribution >= 0.6 is 0 Å². The number of hydrogen-bond acceptors (Lipinski definition) is 2. The van der Waals surface area contributed by atoms with E-state index < -0.39 is 17.7 Å². The van der Waals surface area contributed by atoms with Gasteiger partial charge in [-0.15, -0.1) is 0 Å². The summed E-state index contributed by atoms with van der Waals surface area (Å²) in [5.74, 6) is -1.73. The van der Waals surface area contributed by atoms with Crippen LogP contribution in [0.5, 0.6) is 5.75 Å². The number of rotatable bonds is 2. The van der Waals surface area contributed by atoms with E-state index in [0.29, 0.717) is 0 Å². The Morgan fingerprint density at radius 2 is 1.82 bits per heavy atom. The molecule has 1 aliphatic carbocycles. The number of benzene rings is 1. The van der Waals surface area contributed by atoms with Crippen LogP contribution in [-0.2, 0) is 0 Å². The van der Waals surface area contributed by atoms with E-state index in [0.717, 1.165) is 37.8 Å². The number of halogens is 2. The van der Waals surface area contributed by atoms with Gasteiger partial charge in [-0.2, -0.15) is 0 Å². The molecule has 0 radical (unpaired) electrons. The van der Waals surface area contributed by atoms with Crippen LogP contribution in [0.25, 0.3) is 0 Å². The molecule has 2 nitrogen and oxygen atoms in total. The molecule has 0 heterocycles. The number of phenolic OH excluding ortho intramolecular Hbond substituents is 1. The van der Waals surface area contributed by atoms with Gasteiger partial charge >= 0.3 is 0 Å². The fourth-order valence-electron chi connectivity index (χ4n) is 2.63. The van der Waals surface area contributed by atoms with Crippen LogP contribution in [0.1, 0.15) is 43.7 Å². The number of aromatic hydroxyl groups is 1. The second-order valence-corrected chi connectivity index (χ2v) is 4.74. The van der Waals surface area contributed by atoms with E-state index in [2.05, 4.69) is 0 Å². The van der Waals surface area contributed by atoms with Crippen molar-refractivity contribution < 1.29 is 13.9 Å². The molecule has 0 unspecified atom stereocenters. The monoisotopic (exact) mass is 241 g/mol. The lowest BCUT2D eigenvalue weighted by Crippen LogP contribution is -2.24. The van der Waals surface area contributed by atoms with E-state index in [9.17, 15) is 13.9 Å². The zero-order chi connectivity index (χ0) is 12.4. The van der Waals surface area contributed by atoms with Crippen LogP contribution < -0.4 is 5.73 Å². The van der Waals surface area contributed by atoms with Gasteiger partial charge in [0, 0.05) is 23.7 Å². The third kappa shape index (κ3) is 2.57. The molecule has 1 aliphatic rings. The SMILES string of the molecule is N[C@H](c1c(O)cc(F)cc1F)C1CCCCC1. The second kappa shape index (κ2) is 5.00. The second-order valence-electron chi connectivity index (χ2n) is 4.74. The van der Waals surface area contributed by atoms with Crippen LogP contribution in [0.3, 0.4) is 0 Å². The summed E-state index contributed by atoms with van der Waals surface area (Å²) in [6, 6.07) is 1.15. The lowest BCUT2D eigenvalue weighted by molar-refractivity contribution is 0.297. The van der Waals surface area contributed by atoms with E-state index >= 15 is 0 Å². The minimum atomic E-state index is -0.778. The highest BCUT2D eigenvalue weighted by Gasteiger charge is 2.26. The van der Waals surface area contributed by atoms with E-state index in [-0.39, 0.29) is 17.2 Å². The minimum absolute atomic E-state index is 0.0540. The van der Waals surface area contributed by atoms with E-state index in [1.165, 1.54) is 6.42 Å². The Bertz CT molecular complexity index is 379. The van der Waals surface area contributed by atoms with Crippen molar-refractivity contribution in [1.82, 2.24) is 0 Å². The van der Waals surface area contributed by atoms with Gasteiger partial charge < -0.3 is 10.8 Å². The molecule has 1 atom stereocenters.